The minimum absolute atomic E-state index is 0.201. The van der Waals surface area contributed by atoms with E-state index in [0.717, 1.165) is 17.8 Å². The zero-order valence-corrected chi connectivity index (χ0v) is 13.1. The zero-order valence-electron chi connectivity index (χ0n) is 11.5. The molecule has 0 unspecified atom stereocenters. The van der Waals surface area contributed by atoms with Crippen molar-refractivity contribution in [3.8, 4) is 0 Å². The van der Waals surface area contributed by atoms with Crippen molar-refractivity contribution in [1.29, 1.82) is 0 Å². The Balaban J connectivity index is 2.00. The standard InChI is InChI=1S/C12H18N4O2S2/c1-13-7-5-11-3-4-12(19-11)20(17,18)14-9-10-6-8-16(2)15-10/h3-4,6,8,13-14H,5,7,9H2,1-2H3. The monoisotopic (exact) mass is 314 g/mol. The lowest BCUT2D eigenvalue weighted by Crippen LogP contribution is -2.22. The lowest BCUT2D eigenvalue weighted by atomic mass is 10.3. The summed E-state index contributed by atoms with van der Waals surface area (Å²) in [4.78, 5) is 1.05. The first kappa shape index (κ1) is 15.2. The van der Waals surface area contributed by atoms with Crippen LogP contribution in [0.3, 0.4) is 0 Å². The molecule has 0 atom stereocenters. The van der Waals surface area contributed by atoms with E-state index in [-0.39, 0.29) is 6.54 Å². The van der Waals surface area contributed by atoms with E-state index >= 15 is 0 Å². The maximum Gasteiger partial charge on any atom is 0.250 e. The number of thiophene rings is 1. The van der Waals surface area contributed by atoms with E-state index in [1.54, 1.807) is 30.1 Å². The van der Waals surface area contributed by atoms with Crippen LogP contribution in [-0.4, -0.2) is 31.8 Å². The minimum Gasteiger partial charge on any atom is -0.319 e. The van der Waals surface area contributed by atoms with Gasteiger partial charge in [0, 0.05) is 18.1 Å². The predicted molar refractivity (Wildman–Crippen MR) is 79.2 cm³/mol. The molecule has 2 N–H and O–H groups in total. The molecule has 6 nitrogen and oxygen atoms in total. The maximum atomic E-state index is 12.1. The van der Waals surface area contributed by atoms with E-state index in [0.29, 0.717) is 9.90 Å². The Kier molecular flexibility index (Phi) is 4.92. The number of nitrogens with one attached hydrogen (secondary N) is 2. The van der Waals surface area contributed by atoms with E-state index in [1.807, 2.05) is 13.1 Å². The third-order valence-corrected chi connectivity index (χ3v) is 5.77. The molecule has 2 aromatic heterocycles. The van der Waals surface area contributed by atoms with Gasteiger partial charge in [-0.25, -0.2) is 13.1 Å². The highest BCUT2D eigenvalue weighted by Gasteiger charge is 2.16. The number of nitrogens with zero attached hydrogens (tertiary/aromatic N) is 2. The minimum atomic E-state index is -3.45. The molecule has 0 aliphatic rings. The van der Waals surface area contributed by atoms with Gasteiger partial charge in [-0.2, -0.15) is 5.10 Å². The Bertz CT molecular complexity index is 661. The van der Waals surface area contributed by atoms with Gasteiger partial charge in [0.1, 0.15) is 4.21 Å². The molecule has 0 aliphatic carbocycles. The summed E-state index contributed by atoms with van der Waals surface area (Å²) in [7, 11) is 0.217. The second-order valence-electron chi connectivity index (χ2n) is 4.38. The third-order valence-electron chi connectivity index (χ3n) is 2.74. The molecule has 0 aliphatic heterocycles. The molecule has 2 rings (SSSR count). The summed E-state index contributed by atoms with van der Waals surface area (Å²) in [6, 6.07) is 5.29. The van der Waals surface area contributed by atoms with Crippen molar-refractivity contribution >= 4 is 21.4 Å². The number of rotatable bonds is 7. The SMILES string of the molecule is CNCCc1ccc(S(=O)(=O)NCc2ccn(C)n2)s1. The Hall–Kier alpha value is -1.22. The van der Waals surface area contributed by atoms with Crippen LogP contribution in [0, 0.1) is 0 Å². The first-order chi connectivity index (χ1) is 9.51. The van der Waals surface area contributed by atoms with Crippen molar-refractivity contribution in [3.63, 3.8) is 0 Å². The van der Waals surface area contributed by atoms with Crippen LogP contribution in [0.1, 0.15) is 10.6 Å². The number of sulfonamides is 1. The molecule has 0 spiro atoms. The van der Waals surface area contributed by atoms with Gasteiger partial charge in [-0.3, -0.25) is 4.68 Å². The van der Waals surface area contributed by atoms with Crippen molar-refractivity contribution in [2.45, 2.75) is 17.2 Å². The highest BCUT2D eigenvalue weighted by Crippen LogP contribution is 2.21. The molecule has 20 heavy (non-hydrogen) atoms. The molecule has 0 saturated heterocycles. The molecule has 0 amide bonds. The van der Waals surface area contributed by atoms with Gasteiger partial charge >= 0.3 is 0 Å². The van der Waals surface area contributed by atoms with Crippen molar-refractivity contribution in [2.75, 3.05) is 13.6 Å². The molecule has 0 bridgehead atoms. The van der Waals surface area contributed by atoms with Crippen LogP contribution in [-0.2, 0) is 30.0 Å². The molecule has 110 valence electrons. The van der Waals surface area contributed by atoms with Crippen LogP contribution in [0.4, 0.5) is 0 Å². The lowest BCUT2D eigenvalue weighted by Gasteiger charge is -2.02. The van der Waals surface area contributed by atoms with Gasteiger partial charge < -0.3 is 5.32 Å². The van der Waals surface area contributed by atoms with Crippen LogP contribution in [0.25, 0.3) is 0 Å². The third kappa shape index (κ3) is 3.89. The van der Waals surface area contributed by atoms with Crippen LogP contribution in [0.2, 0.25) is 0 Å². The van der Waals surface area contributed by atoms with Gasteiger partial charge in [-0.1, -0.05) is 0 Å². The largest absolute Gasteiger partial charge is 0.319 e. The Morgan fingerprint density at radius 2 is 2.15 bits per heavy atom. The normalized spacial score (nSPS) is 11.9. The second kappa shape index (κ2) is 6.49. The van der Waals surface area contributed by atoms with Crippen LogP contribution >= 0.6 is 11.3 Å². The van der Waals surface area contributed by atoms with Crippen LogP contribution in [0.15, 0.2) is 28.6 Å². The second-order valence-corrected chi connectivity index (χ2v) is 7.54. The first-order valence-corrected chi connectivity index (χ1v) is 8.53. The van der Waals surface area contributed by atoms with Crippen LogP contribution < -0.4 is 10.0 Å². The maximum absolute atomic E-state index is 12.1. The summed E-state index contributed by atoms with van der Waals surface area (Å²) in [6.07, 6.45) is 2.61. The van der Waals surface area contributed by atoms with Gasteiger partial charge in [-0.15, -0.1) is 11.3 Å². The molecule has 8 heteroatoms. The fourth-order valence-electron chi connectivity index (χ4n) is 1.68. The number of hydrogen-bond donors (Lipinski definition) is 2. The molecule has 2 aromatic rings. The summed E-state index contributed by atoms with van der Waals surface area (Å²) >= 11 is 1.30. The molecule has 2 heterocycles. The smallest absolute Gasteiger partial charge is 0.250 e. The number of aryl methyl sites for hydroxylation is 1. The van der Waals surface area contributed by atoms with Gasteiger partial charge in [0.25, 0.3) is 0 Å². The number of likely N-dealkylation sites (N-methyl/N-ethyl adjacent to an activating group) is 1. The molecule has 0 fully saturated rings. The molecular weight excluding hydrogens is 296 g/mol. The quantitative estimate of drug-likeness (QED) is 0.790. The highest BCUT2D eigenvalue weighted by atomic mass is 32.2. The topological polar surface area (TPSA) is 76.0 Å². The fraction of sp³-hybridized carbons (Fsp3) is 0.417. The molecule has 0 radical (unpaired) electrons. The van der Waals surface area contributed by atoms with Crippen molar-refractivity contribution in [1.82, 2.24) is 19.8 Å². The van der Waals surface area contributed by atoms with E-state index in [9.17, 15) is 8.42 Å². The molecule has 0 saturated carbocycles. The average Bonchev–Trinajstić information content (AvgIpc) is 3.03. The Labute approximate surface area is 122 Å². The van der Waals surface area contributed by atoms with Gasteiger partial charge in [0.15, 0.2) is 0 Å². The zero-order chi connectivity index (χ0) is 14.6. The summed E-state index contributed by atoms with van der Waals surface area (Å²) in [6.45, 7) is 1.04. The predicted octanol–water partition coefficient (Wildman–Crippen LogP) is 0.722. The van der Waals surface area contributed by atoms with E-state index in [2.05, 4.69) is 15.1 Å². The fourth-order valence-corrected chi connectivity index (χ4v) is 4.08. The number of hydrogen-bond acceptors (Lipinski definition) is 5. The van der Waals surface area contributed by atoms with Gasteiger partial charge in [-0.05, 0) is 38.2 Å². The van der Waals surface area contributed by atoms with Gasteiger partial charge in [0.2, 0.25) is 10.0 Å². The van der Waals surface area contributed by atoms with Crippen molar-refractivity contribution in [3.05, 3.63) is 35.0 Å². The summed E-state index contributed by atoms with van der Waals surface area (Å²) in [5.74, 6) is 0. The Morgan fingerprint density at radius 3 is 2.80 bits per heavy atom. The number of aromatic nitrogens is 2. The summed E-state index contributed by atoms with van der Waals surface area (Å²) < 4.78 is 28.9. The first-order valence-electron chi connectivity index (χ1n) is 6.23. The molecule has 0 aromatic carbocycles. The van der Waals surface area contributed by atoms with E-state index in [1.165, 1.54) is 11.3 Å². The Morgan fingerprint density at radius 1 is 1.35 bits per heavy atom. The molecular formula is C12H18N4O2S2. The van der Waals surface area contributed by atoms with Crippen molar-refractivity contribution in [2.24, 2.45) is 7.05 Å². The summed E-state index contributed by atoms with van der Waals surface area (Å²) in [5.41, 5.74) is 0.697. The average molecular weight is 314 g/mol. The lowest BCUT2D eigenvalue weighted by molar-refractivity contribution is 0.581. The van der Waals surface area contributed by atoms with Crippen molar-refractivity contribution < 1.29 is 8.42 Å². The van der Waals surface area contributed by atoms with E-state index < -0.39 is 10.0 Å². The highest BCUT2D eigenvalue weighted by molar-refractivity contribution is 7.91. The van der Waals surface area contributed by atoms with Gasteiger partial charge in [0.05, 0.1) is 12.2 Å². The van der Waals surface area contributed by atoms with E-state index in [4.69, 9.17) is 0 Å². The summed E-state index contributed by atoms with van der Waals surface area (Å²) in [5, 5.41) is 7.18. The van der Waals surface area contributed by atoms with Crippen LogP contribution in [0.5, 0.6) is 0 Å².